The van der Waals surface area contributed by atoms with Crippen molar-refractivity contribution in [1.29, 1.82) is 0 Å². The quantitative estimate of drug-likeness (QED) is 0.672. The van der Waals surface area contributed by atoms with E-state index in [4.69, 9.17) is 16.0 Å². The first-order valence-corrected chi connectivity index (χ1v) is 7.80. The van der Waals surface area contributed by atoms with Crippen LogP contribution in [0.1, 0.15) is 31.6 Å². The van der Waals surface area contributed by atoms with Crippen LogP contribution in [0.4, 0.5) is 5.69 Å². The number of rotatable bonds is 5. The molecule has 1 fully saturated rings. The molecule has 6 nitrogen and oxygen atoms in total. The minimum atomic E-state index is -0.381. The lowest BCUT2D eigenvalue weighted by Gasteiger charge is -2.10. The highest BCUT2D eigenvalue weighted by atomic mass is 35.5. The van der Waals surface area contributed by atoms with Gasteiger partial charge in [-0.3, -0.25) is 4.79 Å². The van der Waals surface area contributed by atoms with Crippen molar-refractivity contribution < 1.29 is 9.21 Å². The number of nitrogens with zero attached hydrogens (tertiary/aromatic N) is 3. The zero-order chi connectivity index (χ0) is 14.8. The molecule has 0 aliphatic heterocycles. The van der Waals surface area contributed by atoms with Crippen molar-refractivity contribution in [2.75, 3.05) is 5.32 Å². The van der Waals surface area contributed by atoms with Crippen LogP contribution in [0, 0.1) is 0 Å². The summed E-state index contributed by atoms with van der Waals surface area (Å²) in [4.78, 5) is 16.0. The van der Waals surface area contributed by atoms with E-state index in [1.807, 2.05) is 0 Å². The maximum absolute atomic E-state index is 12.1. The van der Waals surface area contributed by atoms with Crippen LogP contribution in [0.15, 0.2) is 28.0 Å². The molecule has 2 aromatic rings. The van der Waals surface area contributed by atoms with Crippen LogP contribution >= 0.6 is 23.4 Å². The lowest BCUT2D eigenvalue weighted by molar-refractivity contribution is -0.115. The van der Waals surface area contributed by atoms with E-state index in [0.29, 0.717) is 22.7 Å². The standard InChI is InChI=1S/C13H13ClN4O2S/c1-7(11(19)16-9-3-2-6-15-10(9)14)21-13-18-17-12(20-13)8-4-5-8/h2-3,6-8H,4-5H2,1H3,(H,16,19)/t7-/m1/s1. The van der Waals surface area contributed by atoms with Crippen LogP contribution in [0.25, 0.3) is 0 Å². The van der Waals surface area contributed by atoms with Gasteiger partial charge < -0.3 is 9.73 Å². The molecule has 2 heterocycles. The molecule has 21 heavy (non-hydrogen) atoms. The Labute approximate surface area is 130 Å². The number of carbonyl (C=O) groups excluding carboxylic acids is 1. The van der Waals surface area contributed by atoms with E-state index in [2.05, 4.69) is 20.5 Å². The Hall–Kier alpha value is -1.60. The molecule has 1 aliphatic carbocycles. The first-order valence-electron chi connectivity index (χ1n) is 6.55. The van der Waals surface area contributed by atoms with Crippen LogP contribution in [-0.2, 0) is 4.79 Å². The maximum Gasteiger partial charge on any atom is 0.277 e. The highest BCUT2D eigenvalue weighted by Gasteiger charge is 2.30. The third-order valence-electron chi connectivity index (χ3n) is 3.01. The number of thioether (sulfide) groups is 1. The number of aromatic nitrogens is 3. The summed E-state index contributed by atoms with van der Waals surface area (Å²) in [5.74, 6) is 0.881. The number of nitrogens with one attached hydrogen (secondary N) is 1. The van der Waals surface area contributed by atoms with E-state index in [1.54, 1.807) is 25.3 Å². The molecule has 110 valence electrons. The molecular weight excluding hydrogens is 312 g/mol. The maximum atomic E-state index is 12.1. The molecule has 0 aromatic carbocycles. The van der Waals surface area contributed by atoms with Gasteiger partial charge in [-0.15, -0.1) is 10.2 Å². The van der Waals surface area contributed by atoms with Gasteiger partial charge in [0.15, 0.2) is 5.15 Å². The number of hydrogen-bond donors (Lipinski definition) is 1. The molecule has 1 amide bonds. The number of hydrogen-bond acceptors (Lipinski definition) is 6. The van der Waals surface area contributed by atoms with Crippen molar-refractivity contribution >= 4 is 35.0 Å². The van der Waals surface area contributed by atoms with E-state index < -0.39 is 0 Å². The molecule has 0 saturated heterocycles. The smallest absolute Gasteiger partial charge is 0.277 e. The van der Waals surface area contributed by atoms with Gasteiger partial charge in [0.1, 0.15) is 0 Å². The van der Waals surface area contributed by atoms with Gasteiger partial charge in [0.2, 0.25) is 11.8 Å². The molecule has 1 atom stereocenters. The summed E-state index contributed by atoms with van der Waals surface area (Å²) >= 11 is 7.13. The number of amides is 1. The molecular formula is C13H13ClN4O2S. The van der Waals surface area contributed by atoms with Crippen LogP contribution in [-0.4, -0.2) is 26.3 Å². The number of pyridine rings is 1. The lowest BCUT2D eigenvalue weighted by atomic mass is 10.4. The fraction of sp³-hybridized carbons (Fsp3) is 0.385. The predicted molar refractivity (Wildman–Crippen MR) is 79.5 cm³/mol. The Morgan fingerprint density at radius 2 is 2.33 bits per heavy atom. The summed E-state index contributed by atoms with van der Waals surface area (Å²) in [5.41, 5.74) is 0.487. The highest BCUT2D eigenvalue weighted by molar-refractivity contribution is 8.00. The van der Waals surface area contributed by atoms with E-state index >= 15 is 0 Å². The second-order valence-electron chi connectivity index (χ2n) is 4.77. The largest absolute Gasteiger partial charge is 0.416 e. The van der Waals surface area contributed by atoms with E-state index in [1.165, 1.54) is 11.8 Å². The third-order valence-corrected chi connectivity index (χ3v) is 4.25. The Balaban J connectivity index is 1.60. The Morgan fingerprint density at radius 3 is 3.05 bits per heavy atom. The minimum Gasteiger partial charge on any atom is -0.416 e. The van der Waals surface area contributed by atoms with Crippen LogP contribution in [0.2, 0.25) is 5.15 Å². The number of carbonyl (C=O) groups is 1. The third kappa shape index (κ3) is 3.54. The number of halogens is 1. The monoisotopic (exact) mass is 324 g/mol. The summed E-state index contributed by atoms with van der Waals surface area (Å²) in [6.45, 7) is 1.77. The minimum absolute atomic E-state index is 0.193. The predicted octanol–water partition coefficient (Wildman–Crippen LogP) is 3.11. The number of anilines is 1. The molecule has 0 bridgehead atoms. The van der Waals surface area contributed by atoms with Gasteiger partial charge in [-0.1, -0.05) is 23.4 Å². The Kier molecular flexibility index (Phi) is 4.12. The molecule has 1 saturated carbocycles. The van der Waals surface area contributed by atoms with E-state index in [9.17, 15) is 4.79 Å². The molecule has 8 heteroatoms. The van der Waals surface area contributed by atoms with Gasteiger partial charge in [-0.25, -0.2) is 4.98 Å². The van der Waals surface area contributed by atoms with Gasteiger partial charge in [-0.05, 0) is 31.9 Å². The van der Waals surface area contributed by atoms with Crippen LogP contribution in [0.3, 0.4) is 0 Å². The molecule has 0 unspecified atom stereocenters. The summed E-state index contributed by atoms with van der Waals surface area (Å²) in [6, 6.07) is 3.40. The normalized spacial score (nSPS) is 15.7. The molecule has 0 radical (unpaired) electrons. The highest BCUT2D eigenvalue weighted by Crippen LogP contribution is 2.40. The average Bonchev–Trinajstić information content (AvgIpc) is 3.22. The lowest BCUT2D eigenvalue weighted by Crippen LogP contribution is -2.22. The summed E-state index contributed by atoms with van der Waals surface area (Å²) < 4.78 is 5.52. The van der Waals surface area contributed by atoms with Crippen molar-refractivity contribution in [3.8, 4) is 0 Å². The van der Waals surface area contributed by atoms with E-state index in [0.717, 1.165) is 12.8 Å². The zero-order valence-electron chi connectivity index (χ0n) is 11.2. The Morgan fingerprint density at radius 1 is 1.52 bits per heavy atom. The molecule has 1 aliphatic rings. The van der Waals surface area contributed by atoms with Crippen molar-refractivity contribution in [1.82, 2.24) is 15.2 Å². The average molecular weight is 325 g/mol. The van der Waals surface area contributed by atoms with Gasteiger partial charge >= 0.3 is 0 Å². The first kappa shape index (κ1) is 14.3. The first-order chi connectivity index (χ1) is 10.1. The topological polar surface area (TPSA) is 80.9 Å². The zero-order valence-corrected chi connectivity index (χ0v) is 12.8. The van der Waals surface area contributed by atoms with Crippen molar-refractivity contribution in [3.63, 3.8) is 0 Å². The second kappa shape index (κ2) is 6.03. The summed E-state index contributed by atoms with van der Waals surface area (Å²) in [5, 5.41) is 11.0. The van der Waals surface area contributed by atoms with Crippen LogP contribution in [0.5, 0.6) is 0 Å². The van der Waals surface area contributed by atoms with Gasteiger partial charge in [-0.2, -0.15) is 0 Å². The van der Waals surface area contributed by atoms with E-state index in [-0.39, 0.29) is 16.3 Å². The van der Waals surface area contributed by atoms with Gasteiger partial charge in [0.25, 0.3) is 5.22 Å². The van der Waals surface area contributed by atoms with Gasteiger partial charge in [0.05, 0.1) is 10.9 Å². The second-order valence-corrected chi connectivity index (χ2v) is 6.42. The summed E-state index contributed by atoms with van der Waals surface area (Å²) in [7, 11) is 0. The molecule has 0 spiro atoms. The molecule has 2 aromatic heterocycles. The van der Waals surface area contributed by atoms with Crippen molar-refractivity contribution in [2.45, 2.75) is 36.2 Å². The summed E-state index contributed by atoms with van der Waals surface area (Å²) in [6.07, 6.45) is 3.76. The van der Waals surface area contributed by atoms with Crippen molar-refractivity contribution in [3.05, 3.63) is 29.4 Å². The van der Waals surface area contributed by atoms with Crippen LogP contribution < -0.4 is 5.32 Å². The van der Waals surface area contributed by atoms with Crippen molar-refractivity contribution in [2.24, 2.45) is 0 Å². The fourth-order valence-electron chi connectivity index (χ4n) is 1.68. The Bertz CT molecular complexity index is 659. The molecule has 3 rings (SSSR count). The molecule has 1 N–H and O–H groups in total. The fourth-order valence-corrected chi connectivity index (χ4v) is 2.54. The van der Waals surface area contributed by atoms with Gasteiger partial charge in [0, 0.05) is 12.1 Å². The SMILES string of the molecule is C[C@@H](Sc1nnc(C2CC2)o1)C(=O)Nc1cccnc1Cl.